The fourth-order valence-corrected chi connectivity index (χ4v) is 2.84. The largest absolute Gasteiger partial charge is 0.492 e. The molecule has 98 valence electrons. The summed E-state index contributed by atoms with van der Waals surface area (Å²) in [5.41, 5.74) is 0. The SMILES string of the molecule is Ic1ccc(OCCN2CC(CC3CN3)C2)cc1. The first-order valence-corrected chi connectivity index (χ1v) is 7.71. The maximum absolute atomic E-state index is 5.74. The van der Waals surface area contributed by atoms with Gasteiger partial charge in [0.15, 0.2) is 0 Å². The van der Waals surface area contributed by atoms with E-state index in [2.05, 4.69) is 44.9 Å². The van der Waals surface area contributed by atoms with Crippen molar-refractivity contribution in [3.63, 3.8) is 0 Å². The smallest absolute Gasteiger partial charge is 0.119 e. The molecule has 0 spiro atoms. The topological polar surface area (TPSA) is 34.4 Å². The van der Waals surface area contributed by atoms with Crippen LogP contribution < -0.4 is 10.1 Å². The summed E-state index contributed by atoms with van der Waals surface area (Å²) >= 11 is 2.31. The zero-order valence-electron chi connectivity index (χ0n) is 10.4. The molecule has 3 nitrogen and oxygen atoms in total. The van der Waals surface area contributed by atoms with E-state index < -0.39 is 0 Å². The van der Waals surface area contributed by atoms with Gasteiger partial charge in [0, 0.05) is 35.8 Å². The third kappa shape index (κ3) is 3.59. The van der Waals surface area contributed by atoms with Crippen LogP contribution in [0.25, 0.3) is 0 Å². The van der Waals surface area contributed by atoms with E-state index in [9.17, 15) is 0 Å². The zero-order valence-corrected chi connectivity index (χ0v) is 12.6. The second kappa shape index (κ2) is 5.75. The van der Waals surface area contributed by atoms with Crippen molar-refractivity contribution in [3.8, 4) is 5.75 Å². The first-order chi connectivity index (χ1) is 8.79. The number of hydrogen-bond acceptors (Lipinski definition) is 3. The fourth-order valence-electron chi connectivity index (χ4n) is 2.48. The van der Waals surface area contributed by atoms with E-state index in [0.717, 1.165) is 30.9 Å². The number of rotatable bonds is 6. The molecule has 0 amide bonds. The molecular formula is C14H19IN2O. The van der Waals surface area contributed by atoms with Gasteiger partial charge in [-0.1, -0.05) is 0 Å². The predicted octanol–water partition coefficient (Wildman–Crippen LogP) is 1.96. The van der Waals surface area contributed by atoms with Crippen LogP contribution in [0.15, 0.2) is 24.3 Å². The normalized spacial score (nSPS) is 23.7. The molecule has 0 aromatic heterocycles. The molecule has 2 saturated heterocycles. The van der Waals surface area contributed by atoms with Crippen LogP contribution in [-0.2, 0) is 0 Å². The van der Waals surface area contributed by atoms with Gasteiger partial charge in [0.2, 0.25) is 0 Å². The minimum atomic E-state index is 0.801. The summed E-state index contributed by atoms with van der Waals surface area (Å²) in [7, 11) is 0. The summed E-state index contributed by atoms with van der Waals surface area (Å²) in [6, 6.07) is 9.08. The molecule has 0 radical (unpaired) electrons. The van der Waals surface area contributed by atoms with Crippen molar-refractivity contribution < 1.29 is 4.74 Å². The summed E-state index contributed by atoms with van der Waals surface area (Å²) in [5, 5.41) is 3.37. The van der Waals surface area contributed by atoms with E-state index >= 15 is 0 Å². The van der Waals surface area contributed by atoms with E-state index in [1.165, 1.54) is 29.6 Å². The van der Waals surface area contributed by atoms with Crippen molar-refractivity contribution in [2.45, 2.75) is 12.5 Å². The Balaban J connectivity index is 1.30. The summed E-state index contributed by atoms with van der Waals surface area (Å²) in [5.74, 6) is 1.90. The molecule has 0 bridgehead atoms. The number of nitrogens with zero attached hydrogens (tertiary/aromatic N) is 1. The van der Waals surface area contributed by atoms with Crippen LogP contribution >= 0.6 is 22.6 Å². The van der Waals surface area contributed by atoms with Gasteiger partial charge in [-0.3, -0.25) is 4.90 Å². The second-order valence-corrected chi connectivity index (χ2v) is 6.51. The lowest BCUT2D eigenvalue weighted by molar-refractivity contribution is 0.0776. The maximum atomic E-state index is 5.74. The standard InChI is InChI=1S/C14H19IN2O/c15-12-1-3-14(4-2-12)18-6-5-17-9-11(10-17)7-13-8-16-13/h1-4,11,13,16H,5-10H2. The Morgan fingerprint density at radius 3 is 2.67 bits per heavy atom. The maximum Gasteiger partial charge on any atom is 0.119 e. The average Bonchev–Trinajstić information content (AvgIpc) is 3.12. The first-order valence-electron chi connectivity index (χ1n) is 6.64. The summed E-state index contributed by atoms with van der Waals surface area (Å²) in [6.45, 7) is 5.62. The monoisotopic (exact) mass is 358 g/mol. The van der Waals surface area contributed by atoms with Gasteiger partial charge < -0.3 is 10.1 Å². The number of ether oxygens (including phenoxy) is 1. The number of hydrogen-bond donors (Lipinski definition) is 1. The Bertz CT molecular complexity index is 385. The lowest BCUT2D eigenvalue weighted by Crippen LogP contribution is -2.48. The van der Waals surface area contributed by atoms with Crippen molar-refractivity contribution in [1.29, 1.82) is 0 Å². The third-order valence-corrected chi connectivity index (χ3v) is 4.35. The molecule has 0 aliphatic carbocycles. The first kappa shape index (κ1) is 12.7. The number of benzene rings is 1. The van der Waals surface area contributed by atoms with Crippen molar-refractivity contribution in [1.82, 2.24) is 10.2 Å². The van der Waals surface area contributed by atoms with Crippen molar-refractivity contribution in [3.05, 3.63) is 27.8 Å². The molecule has 1 aromatic carbocycles. The highest BCUT2D eigenvalue weighted by Crippen LogP contribution is 2.23. The van der Waals surface area contributed by atoms with Crippen LogP contribution in [0.2, 0.25) is 0 Å². The van der Waals surface area contributed by atoms with Gasteiger partial charge in [-0.15, -0.1) is 0 Å². The molecule has 1 N–H and O–H groups in total. The van der Waals surface area contributed by atoms with E-state index in [1.54, 1.807) is 0 Å². The summed E-state index contributed by atoms with van der Waals surface area (Å²) in [6.07, 6.45) is 1.37. The Labute approximate surface area is 122 Å². The highest BCUT2D eigenvalue weighted by Gasteiger charge is 2.32. The molecule has 1 aromatic rings. The van der Waals surface area contributed by atoms with Gasteiger partial charge in [0.1, 0.15) is 12.4 Å². The Morgan fingerprint density at radius 1 is 1.28 bits per heavy atom. The molecule has 3 rings (SSSR count). The Kier molecular flexibility index (Phi) is 4.06. The van der Waals surface area contributed by atoms with Gasteiger partial charge in [-0.05, 0) is 59.2 Å². The molecule has 2 aliphatic rings. The lowest BCUT2D eigenvalue weighted by Gasteiger charge is -2.39. The van der Waals surface area contributed by atoms with Crippen LogP contribution in [-0.4, -0.2) is 43.7 Å². The van der Waals surface area contributed by atoms with E-state index in [0.29, 0.717) is 0 Å². The van der Waals surface area contributed by atoms with Gasteiger partial charge >= 0.3 is 0 Å². The molecule has 0 saturated carbocycles. The predicted molar refractivity (Wildman–Crippen MR) is 81.0 cm³/mol. The summed E-state index contributed by atoms with van der Waals surface area (Å²) in [4.78, 5) is 2.49. The molecule has 2 heterocycles. The van der Waals surface area contributed by atoms with Gasteiger partial charge in [-0.2, -0.15) is 0 Å². The second-order valence-electron chi connectivity index (χ2n) is 5.27. The van der Waals surface area contributed by atoms with Crippen LogP contribution in [0.3, 0.4) is 0 Å². The molecule has 1 unspecified atom stereocenters. The third-order valence-electron chi connectivity index (χ3n) is 3.63. The lowest BCUT2D eigenvalue weighted by atomic mass is 9.95. The molecule has 4 heteroatoms. The quantitative estimate of drug-likeness (QED) is 0.624. The molecular weight excluding hydrogens is 339 g/mol. The van der Waals surface area contributed by atoms with E-state index in [1.807, 2.05) is 12.1 Å². The van der Waals surface area contributed by atoms with Crippen LogP contribution in [0.4, 0.5) is 0 Å². The minimum Gasteiger partial charge on any atom is -0.492 e. The molecule has 18 heavy (non-hydrogen) atoms. The fraction of sp³-hybridized carbons (Fsp3) is 0.571. The zero-order chi connectivity index (χ0) is 12.4. The Hall–Kier alpha value is -0.330. The van der Waals surface area contributed by atoms with Gasteiger partial charge in [-0.25, -0.2) is 0 Å². The molecule has 1 atom stereocenters. The number of likely N-dealkylation sites (tertiary alicyclic amines) is 1. The van der Waals surface area contributed by atoms with Crippen molar-refractivity contribution >= 4 is 22.6 Å². The molecule has 2 aliphatic heterocycles. The van der Waals surface area contributed by atoms with Gasteiger partial charge in [0.05, 0.1) is 0 Å². The van der Waals surface area contributed by atoms with E-state index in [4.69, 9.17) is 4.74 Å². The highest BCUT2D eigenvalue weighted by molar-refractivity contribution is 14.1. The van der Waals surface area contributed by atoms with Crippen LogP contribution in [0.5, 0.6) is 5.75 Å². The van der Waals surface area contributed by atoms with Crippen molar-refractivity contribution in [2.75, 3.05) is 32.8 Å². The number of nitrogens with one attached hydrogen (secondary N) is 1. The Morgan fingerprint density at radius 2 is 2.00 bits per heavy atom. The highest BCUT2D eigenvalue weighted by atomic mass is 127. The van der Waals surface area contributed by atoms with Crippen LogP contribution in [0, 0.1) is 9.49 Å². The number of halogens is 1. The average molecular weight is 358 g/mol. The summed E-state index contributed by atoms with van der Waals surface area (Å²) < 4.78 is 6.99. The van der Waals surface area contributed by atoms with E-state index in [-0.39, 0.29) is 0 Å². The van der Waals surface area contributed by atoms with Crippen molar-refractivity contribution in [2.24, 2.45) is 5.92 Å². The minimum absolute atomic E-state index is 0.801. The van der Waals surface area contributed by atoms with Crippen LogP contribution in [0.1, 0.15) is 6.42 Å². The molecule has 2 fully saturated rings. The van der Waals surface area contributed by atoms with Gasteiger partial charge in [0.25, 0.3) is 0 Å².